The highest BCUT2D eigenvalue weighted by molar-refractivity contribution is 5.79. The van der Waals surface area contributed by atoms with Gasteiger partial charge in [0.1, 0.15) is 5.69 Å². The maximum atomic E-state index is 12.5. The molecule has 2 aromatic heterocycles. The lowest BCUT2D eigenvalue weighted by Gasteiger charge is -2.49. The number of nitrogens with one attached hydrogen (secondary N) is 1. The summed E-state index contributed by atoms with van der Waals surface area (Å²) in [6, 6.07) is 6.42. The predicted octanol–water partition coefficient (Wildman–Crippen LogP) is 1.58. The Morgan fingerprint density at radius 1 is 1.35 bits per heavy atom. The van der Waals surface area contributed by atoms with E-state index in [1.807, 2.05) is 42.9 Å². The van der Waals surface area contributed by atoms with Crippen LogP contribution in [0.4, 0.5) is 0 Å². The average molecular weight is 354 g/mol. The lowest BCUT2D eigenvalue weighted by molar-refractivity contribution is -0.133. The minimum absolute atomic E-state index is 0.127. The molecule has 2 bridgehead atoms. The second-order valence-corrected chi connectivity index (χ2v) is 7.74. The summed E-state index contributed by atoms with van der Waals surface area (Å²) in [6.45, 7) is 6.78. The molecule has 4 unspecified atom stereocenters. The second-order valence-electron chi connectivity index (χ2n) is 7.74. The first-order valence-electron chi connectivity index (χ1n) is 9.46. The SMILES string of the molecule is CC(C)NC(=O)C1CN2CCC1CC2Cn1cc(-c2ccccn2)nn1. The summed E-state index contributed by atoms with van der Waals surface area (Å²) in [5.41, 5.74) is 1.64. The molecule has 1 N–H and O–H groups in total. The number of carbonyl (C=O) groups is 1. The molecule has 7 heteroatoms. The van der Waals surface area contributed by atoms with Gasteiger partial charge in [0.05, 0.1) is 24.4 Å². The van der Waals surface area contributed by atoms with E-state index < -0.39 is 0 Å². The second kappa shape index (κ2) is 7.15. The van der Waals surface area contributed by atoms with Crippen LogP contribution in [0.15, 0.2) is 30.6 Å². The summed E-state index contributed by atoms with van der Waals surface area (Å²) >= 11 is 0. The number of hydrogen-bond donors (Lipinski definition) is 1. The smallest absolute Gasteiger partial charge is 0.224 e. The first-order valence-corrected chi connectivity index (χ1v) is 9.46. The van der Waals surface area contributed by atoms with Crippen LogP contribution in [0.3, 0.4) is 0 Å². The Balaban J connectivity index is 1.40. The van der Waals surface area contributed by atoms with Gasteiger partial charge in [-0.2, -0.15) is 0 Å². The number of piperidine rings is 3. The number of pyridine rings is 1. The van der Waals surface area contributed by atoms with Gasteiger partial charge in [-0.25, -0.2) is 0 Å². The average Bonchev–Trinajstić information content (AvgIpc) is 3.11. The Morgan fingerprint density at radius 3 is 2.92 bits per heavy atom. The van der Waals surface area contributed by atoms with Gasteiger partial charge in [-0.05, 0) is 51.3 Å². The van der Waals surface area contributed by atoms with Crippen LogP contribution < -0.4 is 5.32 Å². The molecule has 0 aromatic carbocycles. The molecule has 3 aliphatic rings. The first-order chi connectivity index (χ1) is 12.6. The van der Waals surface area contributed by atoms with Crippen LogP contribution in [0.1, 0.15) is 26.7 Å². The van der Waals surface area contributed by atoms with Gasteiger partial charge < -0.3 is 5.32 Å². The van der Waals surface area contributed by atoms with Gasteiger partial charge in [-0.15, -0.1) is 5.10 Å². The fourth-order valence-corrected chi connectivity index (χ4v) is 4.25. The van der Waals surface area contributed by atoms with E-state index in [0.29, 0.717) is 12.0 Å². The molecule has 3 fully saturated rings. The largest absolute Gasteiger partial charge is 0.354 e. The van der Waals surface area contributed by atoms with Crippen LogP contribution in [0, 0.1) is 11.8 Å². The zero-order chi connectivity index (χ0) is 18.1. The van der Waals surface area contributed by atoms with Crippen molar-refractivity contribution in [2.75, 3.05) is 13.1 Å². The Bertz CT molecular complexity index is 758. The Morgan fingerprint density at radius 2 is 2.23 bits per heavy atom. The molecule has 138 valence electrons. The van der Waals surface area contributed by atoms with Gasteiger partial charge >= 0.3 is 0 Å². The minimum Gasteiger partial charge on any atom is -0.354 e. The molecule has 2 aromatic rings. The zero-order valence-corrected chi connectivity index (χ0v) is 15.4. The predicted molar refractivity (Wildman–Crippen MR) is 98.1 cm³/mol. The van der Waals surface area contributed by atoms with E-state index in [4.69, 9.17) is 0 Å². The van der Waals surface area contributed by atoms with Gasteiger partial charge in [0.25, 0.3) is 0 Å². The molecule has 4 atom stereocenters. The molecular weight excluding hydrogens is 328 g/mol. The van der Waals surface area contributed by atoms with Crippen LogP contribution >= 0.6 is 0 Å². The zero-order valence-electron chi connectivity index (χ0n) is 15.4. The molecule has 0 radical (unpaired) electrons. The highest BCUT2D eigenvalue weighted by atomic mass is 16.2. The monoisotopic (exact) mass is 354 g/mol. The normalized spacial score (nSPS) is 27.7. The lowest BCUT2D eigenvalue weighted by atomic mass is 9.75. The molecule has 0 spiro atoms. The van der Waals surface area contributed by atoms with Gasteiger partial charge in [-0.3, -0.25) is 19.4 Å². The maximum Gasteiger partial charge on any atom is 0.224 e. The highest BCUT2D eigenvalue weighted by Gasteiger charge is 2.43. The Labute approximate surface area is 153 Å². The van der Waals surface area contributed by atoms with E-state index in [0.717, 1.165) is 43.9 Å². The molecule has 1 amide bonds. The summed E-state index contributed by atoms with van der Waals surface area (Å²) in [7, 11) is 0. The highest BCUT2D eigenvalue weighted by Crippen LogP contribution is 2.37. The van der Waals surface area contributed by atoms with Crippen LogP contribution in [-0.2, 0) is 11.3 Å². The Kier molecular flexibility index (Phi) is 4.72. The van der Waals surface area contributed by atoms with Gasteiger partial charge in [0.15, 0.2) is 0 Å². The van der Waals surface area contributed by atoms with E-state index in [-0.39, 0.29) is 17.9 Å². The number of amides is 1. The van der Waals surface area contributed by atoms with E-state index >= 15 is 0 Å². The Hall–Kier alpha value is -2.28. The number of rotatable bonds is 5. The van der Waals surface area contributed by atoms with Crippen LogP contribution in [0.5, 0.6) is 0 Å². The number of hydrogen-bond acceptors (Lipinski definition) is 5. The fourth-order valence-electron chi connectivity index (χ4n) is 4.25. The van der Waals surface area contributed by atoms with Crippen molar-refractivity contribution < 1.29 is 4.79 Å². The van der Waals surface area contributed by atoms with Crippen LogP contribution in [0.2, 0.25) is 0 Å². The first kappa shape index (κ1) is 17.1. The third kappa shape index (κ3) is 3.49. The number of nitrogens with zero attached hydrogens (tertiary/aromatic N) is 5. The standard InChI is InChI=1S/C19H26N6O/c1-13(2)21-19(26)16-11-24-8-6-14(16)9-15(24)10-25-12-18(22-23-25)17-5-3-4-7-20-17/h3-5,7,12-16H,6,8-11H2,1-2H3,(H,21,26). The number of fused-ring (bicyclic) bond motifs is 3. The van der Waals surface area contributed by atoms with Crippen molar-refractivity contribution in [3.8, 4) is 11.4 Å². The van der Waals surface area contributed by atoms with Crippen molar-refractivity contribution >= 4 is 5.91 Å². The molecule has 26 heavy (non-hydrogen) atoms. The van der Waals surface area contributed by atoms with E-state index in [2.05, 4.69) is 25.5 Å². The number of aromatic nitrogens is 4. The molecular formula is C19H26N6O. The van der Waals surface area contributed by atoms with Crippen molar-refractivity contribution in [3.05, 3.63) is 30.6 Å². The third-order valence-electron chi connectivity index (χ3n) is 5.51. The summed E-state index contributed by atoms with van der Waals surface area (Å²) < 4.78 is 1.92. The lowest BCUT2D eigenvalue weighted by Crippen LogP contribution is -2.58. The van der Waals surface area contributed by atoms with Gasteiger partial charge in [-0.1, -0.05) is 11.3 Å². The molecule has 0 saturated carbocycles. The molecule has 3 saturated heterocycles. The summed E-state index contributed by atoms with van der Waals surface area (Å²) in [5.74, 6) is 0.816. The van der Waals surface area contributed by atoms with E-state index in [9.17, 15) is 4.79 Å². The van der Waals surface area contributed by atoms with Crippen molar-refractivity contribution in [1.82, 2.24) is 30.2 Å². The van der Waals surface area contributed by atoms with Gasteiger partial charge in [0, 0.05) is 24.8 Å². The van der Waals surface area contributed by atoms with E-state index in [1.54, 1.807) is 6.20 Å². The summed E-state index contributed by atoms with van der Waals surface area (Å²) in [6.07, 6.45) is 5.90. The third-order valence-corrected chi connectivity index (χ3v) is 5.51. The minimum atomic E-state index is 0.127. The quantitative estimate of drug-likeness (QED) is 0.882. The summed E-state index contributed by atoms with van der Waals surface area (Å²) in [5, 5.41) is 11.6. The maximum absolute atomic E-state index is 12.5. The van der Waals surface area contributed by atoms with Crippen LogP contribution in [0.25, 0.3) is 11.4 Å². The van der Waals surface area contributed by atoms with E-state index in [1.165, 1.54) is 0 Å². The van der Waals surface area contributed by atoms with Crippen molar-refractivity contribution in [2.45, 2.75) is 45.3 Å². The van der Waals surface area contributed by atoms with Crippen molar-refractivity contribution in [2.24, 2.45) is 11.8 Å². The molecule has 0 aliphatic carbocycles. The number of carbonyl (C=O) groups excluding carboxylic acids is 1. The topological polar surface area (TPSA) is 75.9 Å². The fraction of sp³-hybridized carbons (Fsp3) is 0.579. The van der Waals surface area contributed by atoms with Crippen molar-refractivity contribution in [3.63, 3.8) is 0 Å². The summed E-state index contributed by atoms with van der Waals surface area (Å²) in [4.78, 5) is 19.2. The van der Waals surface area contributed by atoms with Crippen molar-refractivity contribution in [1.29, 1.82) is 0 Å². The molecule has 5 rings (SSSR count). The molecule has 5 heterocycles. The van der Waals surface area contributed by atoms with Crippen LogP contribution in [-0.4, -0.2) is 56.0 Å². The molecule has 3 aliphatic heterocycles. The molecule has 7 nitrogen and oxygen atoms in total. The van der Waals surface area contributed by atoms with Gasteiger partial charge in [0.2, 0.25) is 5.91 Å².